The highest BCUT2D eigenvalue weighted by Crippen LogP contribution is 2.27. The molecule has 1 atom stereocenters. The lowest BCUT2D eigenvalue weighted by atomic mass is 10.0. The molecule has 2 rings (SSSR count). The van der Waals surface area contributed by atoms with E-state index in [1.165, 1.54) is 12.8 Å². The molecular formula is C13H18Cl2N2. The molecule has 0 radical (unpaired) electrons. The summed E-state index contributed by atoms with van der Waals surface area (Å²) in [4.78, 5) is 6.59. The lowest BCUT2D eigenvalue weighted by Gasteiger charge is -2.27. The van der Waals surface area contributed by atoms with Gasteiger partial charge in [-0.1, -0.05) is 43.1 Å². The first kappa shape index (κ1) is 13.1. The van der Waals surface area contributed by atoms with Crippen molar-refractivity contribution < 1.29 is 0 Å². The van der Waals surface area contributed by atoms with Crippen molar-refractivity contribution >= 4 is 23.2 Å². The highest BCUT2D eigenvalue weighted by molar-refractivity contribution is 6.32. The average Bonchev–Trinajstić information content (AvgIpc) is 2.70. The molecule has 1 unspecified atom stereocenters. The quantitative estimate of drug-likeness (QED) is 0.773. The number of rotatable bonds is 3. The topological polar surface area (TPSA) is 16.1 Å². The zero-order chi connectivity index (χ0) is 12.4. The monoisotopic (exact) mass is 272 g/mol. The van der Waals surface area contributed by atoms with E-state index < -0.39 is 0 Å². The Morgan fingerprint density at radius 2 is 2.18 bits per heavy atom. The Balaban J connectivity index is 2.09. The first-order chi connectivity index (χ1) is 8.08. The molecule has 4 heteroatoms. The van der Waals surface area contributed by atoms with Crippen LogP contribution in [0.1, 0.15) is 32.3 Å². The van der Waals surface area contributed by atoms with E-state index in [-0.39, 0.29) is 0 Å². The second-order valence-electron chi connectivity index (χ2n) is 5.01. The second kappa shape index (κ2) is 5.55. The lowest BCUT2D eigenvalue weighted by Crippen LogP contribution is -2.32. The van der Waals surface area contributed by atoms with E-state index in [0.717, 1.165) is 18.7 Å². The second-order valence-corrected chi connectivity index (χ2v) is 5.75. The van der Waals surface area contributed by atoms with Gasteiger partial charge in [-0.25, -0.2) is 4.98 Å². The van der Waals surface area contributed by atoms with Gasteiger partial charge >= 0.3 is 0 Å². The average molecular weight is 273 g/mol. The Hall–Kier alpha value is -0.310. The van der Waals surface area contributed by atoms with Crippen LogP contribution in [0.4, 0.5) is 0 Å². The Labute approximate surface area is 113 Å². The minimum atomic E-state index is 0.459. The molecule has 2 nitrogen and oxygen atoms in total. The van der Waals surface area contributed by atoms with Crippen molar-refractivity contribution in [1.29, 1.82) is 0 Å². The predicted molar refractivity (Wildman–Crippen MR) is 72.5 cm³/mol. The molecule has 0 aromatic carbocycles. The van der Waals surface area contributed by atoms with Crippen LogP contribution in [0.25, 0.3) is 0 Å². The Morgan fingerprint density at radius 3 is 2.82 bits per heavy atom. The van der Waals surface area contributed by atoms with Crippen molar-refractivity contribution in [2.45, 2.75) is 39.3 Å². The Bertz CT molecular complexity index is 393. The van der Waals surface area contributed by atoms with Crippen LogP contribution in [0.15, 0.2) is 12.1 Å². The molecule has 0 N–H and O–H groups in total. The summed E-state index contributed by atoms with van der Waals surface area (Å²) in [5.74, 6) is 0.691. The van der Waals surface area contributed by atoms with Crippen LogP contribution >= 0.6 is 23.2 Å². The van der Waals surface area contributed by atoms with Crippen LogP contribution in [0.3, 0.4) is 0 Å². The van der Waals surface area contributed by atoms with E-state index in [4.69, 9.17) is 23.2 Å². The maximum atomic E-state index is 6.11. The van der Waals surface area contributed by atoms with Gasteiger partial charge in [-0.05, 0) is 31.4 Å². The first-order valence-electron chi connectivity index (χ1n) is 6.13. The number of hydrogen-bond donors (Lipinski definition) is 0. The maximum absolute atomic E-state index is 6.11. The number of halogens is 2. The molecule has 0 amide bonds. The Morgan fingerprint density at radius 1 is 1.41 bits per heavy atom. The third-order valence-electron chi connectivity index (χ3n) is 3.45. The highest BCUT2D eigenvalue weighted by Gasteiger charge is 2.27. The molecule has 1 aliphatic rings. The maximum Gasteiger partial charge on any atom is 0.135 e. The first-order valence-corrected chi connectivity index (χ1v) is 6.88. The fourth-order valence-electron chi connectivity index (χ4n) is 2.58. The van der Waals surface area contributed by atoms with Gasteiger partial charge in [0.25, 0.3) is 0 Å². The van der Waals surface area contributed by atoms with Gasteiger partial charge in [-0.2, -0.15) is 0 Å². The van der Waals surface area contributed by atoms with Crippen LogP contribution in [0.2, 0.25) is 10.3 Å². The zero-order valence-corrected chi connectivity index (χ0v) is 11.8. The number of nitrogens with zero attached hydrogens (tertiary/aromatic N) is 2. The molecule has 2 heterocycles. The van der Waals surface area contributed by atoms with Crippen molar-refractivity contribution in [2.24, 2.45) is 5.92 Å². The van der Waals surface area contributed by atoms with Gasteiger partial charge in [0.1, 0.15) is 10.3 Å². The van der Waals surface area contributed by atoms with Crippen LogP contribution in [-0.4, -0.2) is 22.5 Å². The smallest absolute Gasteiger partial charge is 0.135 e. The van der Waals surface area contributed by atoms with Crippen LogP contribution in [0, 0.1) is 5.92 Å². The van der Waals surface area contributed by atoms with Crippen molar-refractivity contribution in [3.05, 3.63) is 28.0 Å². The van der Waals surface area contributed by atoms with Gasteiger partial charge in [-0.15, -0.1) is 0 Å². The molecule has 1 aromatic rings. The lowest BCUT2D eigenvalue weighted by molar-refractivity contribution is 0.198. The fraction of sp³-hybridized carbons (Fsp3) is 0.615. The molecule has 0 bridgehead atoms. The zero-order valence-electron chi connectivity index (χ0n) is 10.3. The number of aromatic nitrogens is 1. The molecule has 1 aliphatic heterocycles. The standard InChI is InChI=1S/C13H18Cl2N2/c1-9(2)11-4-3-7-17(11)8-10-5-6-12(14)16-13(10)15/h5-6,9,11H,3-4,7-8H2,1-2H3. The molecule has 17 heavy (non-hydrogen) atoms. The summed E-state index contributed by atoms with van der Waals surface area (Å²) in [6.45, 7) is 6.60. The van der Waals surface area contributed by atoms with E-state index in [2.05, 4.69) is 23.7 Å². The largest absolute Gasteiger partial charge is 0.296 e. The van der Waals surface area contributed by atoms with E-state index in [9.17, 15) is 0 Å². The van der Waals surface area contributed by atoms with Gasteiger partial charge in [0.2, 0.25) is 0 Å². The minimum Gasteiger partial charge on any atom is -0.296 e. The molecule has 0 spiro atoms. The van der Waals surface area contributed by atoms with Crippen molar-refractivity contribution in [3.8, 4) is 0 Å². The summed E-state index contributed by atoms with van der Waals surface area (Å²) in [6, 6.07) is 4.46. The van der Waals surface area contributed by atoms with E-state index in [1.54, 1.807) is 0 Å². The van der Waals surface area contributed by atoms with Gasteiger partial charge in [-0.3, -0.25) is 4.90 Å². The summed E-state index contributed by atoms with van der Waals surface area (Å²) in [5.41, 5.74) is 1.07. The number of hydrogen-bond acceptors (Lipinski definition) is 2. The summed E-state index contributed by atoms with van der Waals surface area (Å²) in [6.07, 6.45) is 2.57. The number of likely N-dealkylation sites (tertiary alicyclic amines) is 1. The van der Waals surface area contributed by atoms with E-state index >= 15 is 0 Å². The third-order valence-corrected chi connectivity index (χ3v) is 3.99. The summed E-state index contributed by atoms with van der Waals surface area (Å²) in [7, 11) is 0. The van der Waals surface area contributed by atoms with Gasteiger partial charge < -0.3 is 0 Å². The summed E-state index contributed by atoms with van der Waals surface area (Å²) >= 11 is 11.9. The van der Waals surface area contributed by atoms with Crippen LogP contribution < -0.4 is 0 Å². The van der Waals surface area contributed by atoms with Gasteiger partial charge in [0.05, 0.1) is 0 Å². The molecular weight excluding hydrogens is 255 g/mol. The summed E-state index contributed by atoms with van der Waals surface area (Å²) in [5, 5.41) is 0.993. The Kier molecular flexibility index (Phi) is 4.29. The van der Waals surface area contributed by atoms with Gasteiger partial charge in [0.15, 0.2) is 0 Å². The number of pyridine rings is 1. The van der Waals surface area contributed by atoms with Crippen molar-refractivity contribution in [3.63, 3.8) is 0 Å². The SMILES string of the molecule is CC(C)C1CCCN1Cc1ccc(Cl)nc1Cl. The molecule has 1 aromatic heterocycles. The molecule has 0 saturated carbocycles. The molecule has 1 saturated heterocycles. The molecule has 94 valence electrons. The van der Waals surface area contributed by atoms with E-state index in [0.29, 0.717) is 22.3 Å². The van der Waals surface area contributed by atoms with Crippen molar-refractivity contribution in [1.82, 2.24) is 9.88 Å². The molecule has 0 aliphatic carbocycles. The predicted octanol–water partition coefficient (Wildman–Crippen LogP) is 4.01. The minimum absolute atomic E-state index is 0.459. The summed E-state index contributed by atoms with van der Waals surface area (Å²) < 4.78 is 0. The van der Waals surface area contributed by atoms with Crippen LogP contribution in [0.5, 0.6) is 0 Å². The van der Waals surface area contributed by atoms with Crippen molar-refractivity contribution in [2.75, 3.05) is 6.54 Å². The third kappa shape index (κ3) is 3.12. The molecule has 1 fully saturated rings. The highest BCUT2D eigenvalue weighted by atomic mass is 35.5. The normalized spacial score (nSPS) is 21.4. The van der Waals surface area contributed by atoms with Gasteiger partial charge in [0, 0.05) is 18.2 Å². The van der Waals surface area contributed by atoms with Crippen LogP contribution in [-0.2, 0) is 6.54 Å². The fourth-order valence-corrected chi connectivity index (χ4v) is 2.99. The van der Waals surface area contributed by atoms with E-state index in [1.807, 2.05) is 12.1 Å².